The molecule has 0 radical (unpaired) electrons. The normalized spacial score (nSPS) is 11.3. The average molecular weight is 145 g/mol. The molecule has 0 fully saturated rings. The standard InChI is InChI=1S/C7H15NO2/c1-5-6(9)8(4)7(2,3)10/h10H,5H2,1-4H3. The Balaban J connectivity index is 4.08. The van der Waals surface area contributed by atoms with Crippen molar-refractivity contribution in [3.05, 3.63) is 0 Å². The molecule has 0 unspecified atom stereocenters. The van der Waals surface area contributed by atoms with Crippen LogP contribution in [0.1, 0.15) is 27.2 Å². The van der Waals surface area contributed by atoms with Crippen molar-refractivity contribution in [3.8, 4) is 0 Å². The number of carbonyl (C=O) groups is 1. The van der Waals surface area contributed by atoms with Gasteiger partial charge in [-0.1, -0.05) is 6.92 Å². The molecule has 0 saturated heterocycles. The van der Waals surface area contributed by atoms with Crippen molar-refractivity contribution >= 4 is 5.91 Å². The SMILES string of the molecule is CCC(=O)N(C)C(C)(C)O. The summed E-state index contributed by atoms with van der Waals surface area (Å²) < 4.78 is 0. The summed E-state index contributed by atoms with van der Waals surface area (Å²) in [6, 6.07) is 0. The lowest BCUT2D eigenvalue weighted by Gasteiger charge is -2.29. The quantitative estimate of drug-likeness (QED) is 0.577. The van der Waals surface area contributed by atoms with Crippen LogP contribution in [0, 0.1) is 0 Å². The summed E-state index contributed by atoms with van der Waals surface area (Å²) in [4.78, 5) is 12.3. The Morgan fingerprint density at radius 3 is 2.10 bits per heavy atom. The van der Waals surface area contributed by atoms with Gasteiger partial charge in [0, 0.05) is 13.5 Å². The maximum absolute atomic E-state index is 10.9. The number of hydrogen-bond donors (Lipinski definition) is 1. The van der Waals surface area contributed by atoms with E-state index in [1.165, 1.54) is 4.90 Å². The summed E-state index contributed by atoms with van der Waals surface area (Å²) >= 11 is 0. The van der Waals surface area contributed by atoms with Crippen molar-refractivity contribution in [2.75, 3.05) is 7.05 Å². The zero-order chi connectivity index (χ0) is 8.36. The van der Waals surface area contributed by atoms with Crippen molar-refractivity contribution in [3.63, 3.8) is 0 Å². The fraction of sp³-hybridized carbons (Fsp3) is 0.857. The van der Waals surface area contributed by atoms with Gasteiger partial charge in [-0.05, 0) is 13.8 Å². The number of carbonyl (C=O) groups excluding carboxylic acids is 1. The maximum Gasteiger partial charge on any atom is 0.224 e. The van der Waals surface area contributed by atoms with Crippen molar-refractivity contribution in [2.24, 2.45) is 0 Å². The van der Waals surface area contributed by atoms with E-state index >= 15 is 0 Å². The fourth-order valence-electron chi connectivity index (χ4n) is 0.542. The lowest BCUT2D eigenvalue weighted by Crippen LogP contribution is -2.44. The lowest BCUT2D eigenvalue weighted by molar-refractivity contribution is -0.148. The van der Waals surface area contributed by atoms with Crippen LogP contribution < -0.4 is 0 Å². The number of hydrogen-bond acceptors (Lipinski definition) is 2. The van der Waals surface area contributed by atoms with Crippen LogP contribution in [0.15, 0.2) is 0 Å². The minimum Gasteiger partial charge on any atom is -0.371 e. The van der Waals surface area contributed by atoms with Gasteiger partial charge in [-0.25, -0.2) is 0 Å². The van der Waals surface area contributed by atoms with E-state index in [0.717, 1.165) is 0 Å². The van der Waals surface area contributed by atoms with E-state index in [2.05, 4.69) is 0 Å². The monoisotopic (exact) mass is 145 g/mol. The van der Waals surface area contributed by atoms with Gasteiger partial charge in [0.05, 0.1) is 0 Å². The second-order valence-electron chi connectivity index (χ2n) is 2.80. The zero-order valence-electron chi connectivity index (χ0n) is 7.01. The van der Waals surface area contributed by atoms with Gasteiger partial charge in [-0.15, -0.1) is 0 Å². The smallest absolute Gasteiger partial charge is 0.224 e. The molecule has 0 bridgehead atoms. The Labute approximate surface area is 61.6 Å². The molecule has 0 aromatic heterocycles. The third-order valence-corrected chi connectivity index (χ3v) is 1.50. The van der Waals surface area contributed by atoms with Crippen LogP contribution in [0.5, 0.6) is 0 Å². The van der Waals surface area contributed by atoms with Crippen LogP contribution in [-0.4, -0.2) is 28.7 Å². The highest BCUT2D eigenvalue weighted by atomic mass is 16.3. The van der Waals surface area contributed by atoms with Gasteiger partial charge >= 0.3 is 0 Å². The first kappa shape index (κ1) is 9.43. The molecular weight excluding hydrogens is 130 g/mol. The van der Waals surface area contributed by atoms with E-state index < -0.39 is 5.72 Å². The van der Waals surface area contributed by atoms with Gasteiger partial charge < -0.3 is 10.0 Å². The molecule has 3 nitrogen and oxygen atoms in total. The Morgan fingerprint density at radius 2 is 2.00 bits per heavy atom. The van der Waals surface area contributed by atoms with E-state index in [1.807, 2.05) is 0 Å². The minimum absolute atomic E-state index is 0.0486. The van der Waals surface area contributed by atoms with Crippen molar-refractivity contribution in [2.45, 2.75) is 32.9 Å². The molecule has 0 rings (SSSR count). The lowest BCUT2D eigenvalue weighted by atomic mass is 10.2. The van der Waals surface area contributed by atoms with Crippen LogP contribution >= 0.6 is 0 Å². The van der Waals surface area contributed by atoms with Crippen LogP contribution in [0.3, 0.4) is 0 Å². The van der Waals surface area contributed by atoms with Crippen LogP contribution in [0.2, 0.25) is 0 Å². The first-order chi connectivity index (χ1) is 4.39. The third kappa shape index (κ3) is 2.35. The minimum atomic E-state index is -1.03. The molecule has 0 saturated carbocycles. The van der Waals surface area contributed by atoms with Gasteiger partial charge in [0.1, 0.15) is 5.72 Å². The summed E-state index contributed by atoms with van der Waals surface area (Å²) in [7, 11) is 1.59. The summed E-state index contributed by atoms with van der Waals surface area (Å²) in [5.74, 6) is -0.0486. The molecule has 60 valence electrons. The molecule has 1 amide bonds. The first-order valence-corrected chi connectivity index (χ1v) is 3.38. The van der Waals surface area contributed by atoms with E-state index in [0.29, 0.717) is 6.42 Å². The van der Waals surface area contributed by atoms with Crippen LogP contribution in [-0.2, 0) is 4.79 Å². The molecule has 0 aliphatic rings. The highest BCUT2D eigenvalue weighted by molar-refractivity contribution is 5.76. The van der Waals surface area contributed by atoms with Gasteiger partial charge in [0.25, 0.3) is 0 Å². The zero-order valence-corrected chi connectivity index (χ0v) is 7.01. The molecular formula is C7H15NO2. The van der Waals surface area contributed by atoms with Crippen molar-refractivity contribution in [1.82, 2.24) is 4.90 Å². The molecule has 0 aliphatic carbocycles. The summed E-state index contributed by atoms with van der Waals surface area (Å²) in [5.41, 5.74) is -1.03. The van der Waals surface area contributed by atoms with Crippen LogP contribution in [0.25, 0.3) is 0 Å². The Hall–Kier alpha value is -0.570. The predicted octanol–water partition coefficient (Wildman–Crippen LogP) is 0.583. The Bertz CT molecular complexity index is 126. The second kappa shape index (κ2) is 3.01. The molecule has 1 N–H and O–H groups in total. The molecule has 0 aromatic carbocycles. The third-order valence-electron chi connectivity index (χ3n) is 1.50. The predicted molar refractivity (Wildman–Crippen MR) is 39.4 cm³/mol. The first-order valence-electron chi connectivity index (χ1n) is 3.38. The number of amides is 1. The molecule has 10 heavy (non-hydrogen) atoms. The maximum atomic E-state index is 10.9. The Kier molecular flexibility index (Phi) is 2.84. The molecule has 0 aromatic rings. The molecule has 0 heterocycles. The molecule has 3 heteroatoms. The fourth-order valence-corrected chi connectivity index (χ4v) is 0.542. The summed E-state index contributed by atoms with van der Waals surface area (Å²) in [6.45, 7) is 4.94. The summed E-state index contributed by atoms with van der Waals surface area (Å²) in [6.07, 6.45) is 0.431. The van der Waals surface area contributed by atoms with E-state index in [-0.39, 0.29) is 5.91 Å². The largest absolute Gasteiger partial charge is 0.371 e. The van der Waals surface area contributed by atoms with Crippen molar-refractivity contribution in [1.29, 1.82) is 0 Å². The highest BCUT2D eigenvalue weighted by Crippen LogP contribution is 2.07. The van der Waals surface area contributed by atoms with E-state index in [1.54, 1.807) is 27.8 Å². The number of rotatable bonds is 2. The topological polar surface area (TPSA) is 40.5 Å². The van der Waals surface area contributed by atoms with Gasteiger partial charge in [-0.3, -0.25) is 4.79 Å². The molecule has 0 atom stereocenters. The summed E-state index contributed by atoms with van der Waals surface area (Å²) in [5, 5.41) is 9.29. The Morgan fingerprint density at radius 1 is 1.60 bits per heavy atom. The van der Waals surface area contributed by atoms with Crippen LogP contribution in [0.4, 0.5) is 0 Å². The van der Waals surface area contributed by atoms with E-state index in [9.17, 15) is 9.90 Å². The van der Waals surface area contributed by atoms with Gasteiger partial charge in [0.15, 0.2) is 0 Å². The van der Waals surface area contributed by atoms with Gasteiger partial charge in [-0.2, -0.15) is 0 Å². The highest BCUT2D eigenvalue weighted by Gasteiger charge is 2.22. The second-order valence-corrected chi connectivity index (χ2v) is 2.80. The van der Waals surface area contributed by atoms with E-state index in [4.69, 9.17) is 0 Å². The average Bonchev–Trinajstić information content (AvgIpc) is 1.83. The molecule has 0 aliphatic heterocycles. The number of aliphatic hydroxyl groups is 1. The van der Waals surface area contributed by atoms with Gasteiger partial charge in [0.2, 0.25) is 5.91 Å². The number of nitrogens with zero attached hydrogens (tertiary/aromatic N) is 1. The molecule has 0 spiro atoms. The van der Waals surface area contributed by atoms with Crippen molar-refractivity contribution < 1.29 is 9.90 Å².